The highest BCUT2D eigenvalue weighted by atomic mass is 16.4. The molecule has 0 spiro atoms. The quantitative estimate of drug-likeness (QED) is 0.369. The second kappa shape index (κ2) is 12.3. The van der Waals surface area contributed by atoms with Crippen molar-refractivity contribution < 1.29 is 24.3 Å². The normalized spacial score (nSPS) is 18.4. The van der Waals surface area contributed by atoms with Gasteiger partial charge in [0.1, 0.15) is 12.1 Å². The lowest BCUT2D eigenvalue weighted by Crippen LogP contribution is -2.54. The number of aliphatic carboxylic acids is 1. The van der Waals surface area contributed by atoms with Gasteiger partial charge >= 0.3 is 5.97 Å². The van der Waals surface area contributed by atoms with Gasteiger partial charge in [0.05, 0.1) is 6.04 Å². The molecule has 8 heteroatoms. The Labute approximate surface area is 217 Å². The SMILES string of the molecule is CCC(C)C1NC(=O)c2ccccc2C1=CC(=O)NC(C(=O)NC(Cc1ccccc1)C(=O)O)C(C)C. The Morgan fingerprint density at radius 1 is 0.973 bits per heavy atom. The van der Waals surface area contributed by atoms with E-state index < -0.39 is 29.9 Å². The van der Waals surface area contributed by atoms with E-state index in [1.54, 1.807) is 50.2 Å². The van der Waals surface area contributed by atoms with Crippen molar-refractivity contribution in [3.8, 4) is 0 Å². The van der Waals surface area contributed by atoms with Crippen molar-refractivity contribution in [3.05, 3.63) is 77.4 Å². The van der Waals surface area contributed by atoms with E-state index in [1.807, 2.05) is 32.0 Å². The van der Waals surface area contributed by atoms with E-state index in [2.05, 4.69) is 16.0 Å². The number of benzene rings is 2. The standard InChI is InChI=1S/C29H35N3O5/c1-5-18(4)26-22(20-13-9-10-14-21(20)27(34)32-26)16-24(33)31-25(17(2)3)28(35)30-23(29(36)37)15-19-11-7-6-8-12-19/h6-14,16-18,23,25-26H,5,15H2,1-4H3,(H,30,35)(H,31,33)(H,32,34)(H,36,37). The third kappa shape index (κ3) is 6.84. The molecule has 4 N–H and O–H groups in total. The van der Waals surface area contributed by atoms with Crippen molar-refractivity contribution in [2.24, 2.45) is 11.8 Å². The van der Waals surface area contributed by atoms with E-state index in [1.165, 1.54) is 6.08 Å². The predicted molar refractivity (Wildman–Crippen MR) is 142 cm³/mol. The van der Waals surface area contributed by atoms with Gasteiger partial charge < -0.3 is 21.1 Å². The Hall–Kier alpha value is -3.94. The molecule has 0 aromatic heterocycles. The first kappa shape index (κ1) is 27.6. The van der Waals surface area contributed by atoms with Gasteiger partial charge in [0.2, 0.25) is 11.8 Å². The van der Waals surface area contributed by atoms with Gasteiger partial charge in [0, 0.05) is 18.1 Å². The summed E-state index contributed by atoms with van der Waals surface area (Å²) in [5.74, 6) is -2.61. The Morgan fingerprint density at radius 2 is 1.59 bits per heavy atom. The summed E-state index contributed by atoms with van der Waals surface area (Å²) in [4.78, 5) is 50.8. The number of carbonyl (C=O) groups excluding carboxylic acids is 3. The van der Waals surface area contributed by atoms with Crippen molar-refractivity contribution >= 4 is 29.3 Å². The molecule has 2 aromatic carbocycles. The third-order valence-corrected chi connectivity index (χ3v) is 6.75. The fourth-order valence-electron chi connectivity index (χ4n) is 4.43. The summed E-state index contributed by atoms with van der Waals surface area (Å²) in [6, 6.07) is 13.7. The van der Waals surface area contributed by atoms with Gasteiger partial charge in [-0.1, -0.05) is 82.6 Å². The van der Waals surface area contributed by atoms with E-state index >= 15 is 0 Å². The number of nitrogens with one attached hydrogen (secondary N) is 3. The van der Waals surface area contributed by atoms with Crippen LogP contribution in [0.3, 0.4) is 0 Å². The molecule has 0 radical (unpaired) electrons. The van der Waals surface area contributed by atoms with Gasteiger partial charge in [-0.05, 0) is 34.6 Å². The summed E-state index contributed by atoms with van der Waals surface area (Å²) in [6.07, 6.45) is 2.36. The molecule has 0 aliphatic carbocycles. The summed E-state index contributed by atoms with van der Waals surface area (Å²) in [5, 5.41) is 18.0. The van der Waals surface area contributed by atoms with Crippen LogP contribution in [0.1, 0.15) is 55.6 Å². The molecule has 3 amide bonds. The summed E-state index contributed by atoms with van der Waals surface area (Å²) in [5.41, 5.74) is 2.63. The fraction of sp³-hybridized carbons (Fsp3) is 0.379. The van der Waals surface area contributed by atoms with Crippen molar-refractivity contribution in [2.75, 3.05) is 0 Å². The summed E-state index contributed by atoms with van der Waals surface area (Å²) >= 11 is 0. The van der Waals surface area contributed by atoms with Crippen LogP contribution in [0.4, 0.5) is 0 Å². The predicted octanol–water partition coefficient (Wildman–Crippen LogP) is 3.18. The first-order valence-electron chi connectivity index (χ1n) is 12.6. The monoisotopic (exact) mass is 505 g/mol. The van der Waals surface area contributed by atoms with Gasteiger partial charge in [-0.25, -0.2) is 4.79 Å². The van der Waals surface area contributed by atoms with E-state index in [-0.39, 0.29) is 30.2 Å². The lowest BCUT2D eigenvalue weighted by atomic mass is 9.82. The number of fused-ring (bicyclic) bond motifs is 1. The molecule has 4 atom stereocenters. The van der Waals surface area contributed by atoms with Crippen LogP contribution >= 0.6 is 0 Å². The molecule has 196 valence electrons. The second-order valence-electron chi connectivity index (χ2n) is 9.80. The third-order valence-electron chi connectivity index (χ3n) is 6.75. The Kier molecular flexibility index (Phi) is 9.22. The Bertz CT molecular complexity index is 1180. The minimum atomic E-state index is -1.15. The number of hydrogen-bond acceptors (Lipinski definition) is 4. The molecule has 0 fully saturated rings. The Morgan fingerprint density at radius 3 is 2.19 bits per heavy atom. The summed E-state index contributed by atoms with van der Waals surface area (Å²) in [6.45, 7) is 7.59. The minimum absolute atomic E-state index is 0.0786. The fourth-order valence-corrected chi connectivity index (χ4v) is 4.43. The molecule has 37 heavy (non-hydrogen) atoms. The highest BCUT2D eigenvalue weighted by molar-refractivity contribution is 6.07. The van der Waals surface area contributed by atoms with Crippen LogP contribution in [-0.2, 0) is 20.8 Å². The number of carbonyl (C=O) groups is 4. The van der Waals surface area contributed by atoms with Crippen molar-refractivity contribution in [2.45, 2.75) is 58.7 Å². The van der Waals surface area contributed by atoms with E-state index in [9.17, 15) is 24.3 Å². The lowest BCUT2D eigenvalue weighted by Gasteiger charge is -2.32. The highest BCUT2D eigenvalue weighted by Gasteiger charge is 2.33. The van der Waals surface area contributed by atoms with Crippen molar-refractivity contribution in [3.63, 3.8) is 0 Å². The first-order valence-corrected chi connectivity index (χ1v) is 12.6. The summed E-state index contributed by atoms with van der Waals surface area (Å²) in [7, 11) is 0. The smallest absolute Gasteiger partial charge is 0.326 e. The zero-order valence-corrected chi connectivity index (χ0v) is 21.7. The molecular weight excluding hydrogens is 470 g/mol. The molecule has 1 aliphatic heterocycles. The number of hydrogen-bond donors (Lipinski definition) is 4. The number of carboxylic acid groups (broad SMARTS) is 1. The zero-order chi connectivity index (χ0) is 27.1. The molecule has 3 rings (SSSR count). The molecule has 1 heterocycles. The molecule has 1 aliphatic rings. The summed E-state index contributed by atoms with van der Waals surface area (Å²) < 4.78 is 0. The molecule has 0 bridgehead atoms. The number of amides is 3. The minimum Gasteiger partial charge on any atom is -0.480 e. The van der Waals surface area contributed by atoms with Crippen LogP contribution in [0.2, 0.25) is 0 Å². The molecule has 4 unspecified atom stereocenters. The van der Waals surface area contributed by atoms with Crippen LogP contribution in [0, 0.1) is 11.8 Å². The zero-order valence-electron chi connectivity index (χ0n) is 21.7. The van der Waals surface area contributed by atoms with Gasteiger partial charge in [-0.15, -0.1) is 0 Å². The van der Waals surface area contributed by atoms with E-state index in [4.69, 9.17) is 0 Å². The first-order chi connectivity index (χ1) is 17.6. The maximum absolute atomic E-state index is 13.2. The van der Waals surface area contributed by atoms with E-state index in [0.717, 1.165) is 12.0 Å². The van der Waals surface area contributed by atoms with Crippen LogP contribution in [0.5, 0.6) is 0 Å². The average molecular weight is 506 g/mol. The average Bonchev–Trinajstić information content (AvgIpc) is 2.88. The van der Waals surface area contributed by atoms with Crippen LogP contribution < -0.4 is 16.0 Å². The molecule has 0 saturated carbocycles. The maximum atomic E-state index is 13.2. The largest absolute Gasteiger partial charge is 0.480 e. The second-order valence-corrected chi connectivity index (χ2v) is 9.80. The van der Waals surface area contributed by atoms with E-state index in [0.29, 0.717) is 16.7 Å². The number of rotatable bonds is 10. The van der Waals surface area contributed by atoms with Crippen LogP contribution in [0.25, 0.3) is 5.57 Å². The topological polar surface area (TPSA) is 125 Å². The van der Waals surface area contributed by atoms with Crippen molar-refractivity contribution in [1.82, 2.24) is 16.0 Å². The van der Waals surface area contributed by atoms with Crippen LogP contribution in [0.15, 0.2) is 60.7 Å². The van der Waals surface area contributed by atoms with Gasteiger partial charge in [-0.2, -0.15) is 0 Å². The molecule has 8 nitrogen and oxygen atoms in total. The van der Waals surface area contributed by atoms with Crippen LogP contribution in [-0.4, -0.2) is 46.9 Å². The lowest BCUT2D eigenvalue weighted by molar-refractivity contribution is -0.142. The Balaban J connectivity index is 1.82. The van der Waals surface area contributed by atoms with Crippen molar-refractivity contribution in [1.29, 1.82) is 0 Å². The van der Waals surface area contributed by atoms with Gasteiger partial charge in [0.15, 0.2) is 0 Å². The molecular formula is C29H35N3O5. The van der Waals surface area contributed by atoms with Gasteiger partial charge in [0.25, 0.3) is 5.91 Å². The molecule has 0 saturated heterocycles. The highest BCUT2D eigenvalue weighted by Crippen LogP contribution is 2.31. The molecule has 2 aromatic rings. The number of carboxylic acids is 1. The van der Waals surface area contributed by atoms with Gasteiger partial charge in [-0.3, -0.25) is 14.4 Å². The maximum Gasteiger partial charge on any atom is 0.326 e.